The molecule has 0 saturated heterocycles. The highest BCUT2D eigenvalue weighted by Crippen LogP contribution is 2.39. The summed E-state index contributed by atoms with van der Waals surface area (Å²) in [5, 5.41) is 19.8. The van der Waals surface area contributed by atoms with E-state index in [2.05, 4.69) is 0 Å². The first-order valence-corrected chi connectivity index (χ1v) is 8.07. The molecule has 0 aliphatic carbocycles. The number of hydrogen-bond acceptors (Lipinski definition) is 3. The Kier molecular flexibility index (Phi) is 5.68. The van der Waals surface area contributed by atoms with Crippen LogP contribution in [0.4, 0.5) is 26.3 Å². The number of benzene rings is 2. The van der Waals surface area contributed by atoms with Gasteiger partial charge in [-0.2, -0.15) is 26.3 Å². The minimum Gasteiger partial charge on any atom is -0.508 e. The summed E-state index contributed by atoms with van der Waals surface area (Å²) in [6.07, 6.45) is -9.33. The molecule has 0 saturated carbocycles. The van der Waals surface area contributed by atoms with Gasteiger partial charge in [-0.25, -0.2) is 0 Å². The van der Waals surface area contributed by atoms with Crippen LogP contribution in [0.25, 0.3) is 0 Å². The summed E-state index contributed by atoms with van der Waals surface area (Å²) < 4.78 is 76.1. The van der Waals surface area contributed by atoms with Gasteiger partial charge < -0.3 is 10.2 Å². The molecule has 3 nitrogen and oxygen atoms in total. The normalized spacial score (nSPS) is 14.6. The number of alkyl halides is 6. The Morgan fingerprint density at radius 3 is 1.32 bits per heavy atom. The average Bonchev–Trinajstić information content (AvgIpc) is 2.58. The maximum Gasteiger partial charge on any atom is 0.416 e. The van der Waals surface area contributed by atoms with E-state index < -0.39 is 52.6 Å². The Balaban J connectivity index is 2.31. The Labute approximate surface area is 156 Å². The molecule has 0 aliphatic heterocycles. The fourth-order valence-electron chi connectivity index (χ4n) is 2.85. The molecule has 0 aromatic heterocycles. The maximum atomic E-state index is 12.7. The molecule has 152 valence electrons. The first-order valence-electron chi connectivity index (χ1n) is 8.07. The number of phenols is 2. The fraction of sp³-hybridized carbons (Fsp3) is 0.316. The standard InChI is InChI=1S/C19H16F6O3/c1-9(13-5-3-11(7-15(13)26)18(20,21)22)17(28)10(2)14-6-4-12(8-16(14)27)19(23,24)25/h3-10,26-27H,1-2H3. The number of hydrogen-bond donors (Lipinski definition) is 2. The van der Waals surface area contributed by atoms with Crippen LogP contribution in [0.5, 0.6) is 11.5 Å². The van der Waals surface area contributed by atoms with Crippen molar-refractivity contribution in [3.63, 3.8) is 0 Å². The van der Waals surface area contributed by atoms with E-state index in [0.29, 0.717) is 12.1 Å². The number of carbonyl (C=O) groups is 1. The summed E-state index contributed by atoms with van der Waals surface area (Å²) in [5.41, 5.74) is -2.28. The summed E-state index contributed by atoms with van der Waals surface area (Å²) in [5.74, 6) is -4.15. The molecule has 0 amide bonds. The van der Waals surface area contributed by atoms with E-state index in [1.54, 1.807) is 0 Å². The van der Waals surface area contributed by atoms with Gasteiger partial charge in [0.2, 0.25) is 0 Å². The highest BCUT2D eigenvalue weighted by molar-refractivity contribution is 5.92. The van der Waals surface area contributed by atoms with Crippen LogP contribution in [0, 0.1) is 0 Å². The summed E-state index contributed by atoms with van der Waals surface area (Å²) in [6, 6.07) is 4.39. The largest absolute Gasteiger partial charge is 0.508 e. The summed E-state index contributed by atoms with van der Waals surface area (Å²) in [4.78, 5) is 12.6. The van der Waals surface area contributed by atoms with E-state index in [1.165, 1.54) is 13.8 Å². The number of ketones is 1. The van der Waals surface area contributed by atoms with Crippen LogP contribution in [0.2, 0.25) is 0 Å². The Bertz CT molecular complexity index is 815. The molecule has 0 heterocycles. The molecule has 2 aromatic carbocycles. The van der Waals surface area contributed by atoms with Crippen LogP contribution in [0.3, 0.4) is 0 Å². The number of halogens is 6. The number of carbonyl (C=O) groups excluding carboxylic acids is 1. The van der Waals surface area contributed by atoms with Gasteiger partial charge in [0.25, 0.3) is 0 Å². The van der Waals surface area contributed by atoms with Crippen molar-refractivity contribution < 1.29 is 41.4 Å². The second kappa shape index (κ2) is 7.37. The summed E-state index contributed by atoms with van der Waals surface area (Å²) in [6.45, 7) is 2.70. The Morgan fingerprint density at radius 2 is 1.07 bits per heavy atom. The van der Waals surface area contributed by atoms with Crippen molar-refractivity contribution in [2.45, 2.75) is 38.0 Å². The van der Waals surface area contributed by atoms with Crippen LogP contribution in [0.1, 0.15) is 47.9 Å². The average molecular weight is 406 g/mol. The molecule has 2 atom stereocenters. The van der Waals surface area contributed by atoms with Crippen molar-refractivity contribution >= 4 is 5.78 Å². The Hall–Kier alpha value is -2.71. The molecule has 0 aliphatic rings. The van der Waals surface area contributed by atoms with Gasteiger partial charge in [-0.05, 0) is 24.3 Å². The van der Waals surface area contributed by atoms with Gasteiger partial charge in [0.1, 0.15) is 17.3 Å². The lowest BCUT2D eigenvalue weighted by Gasteiger charge is -2.20. The minimum atomic E-state index is -4.66. The highest BCUT2D eigenvalue weighted by Gasteiger charge is 2.34. The van der Waals surface area contributed by atoms with Crippen LogP contribution in [-0.2, 0) is 17.1 Å². The SMILES string of the molecule is CC(C(=O)C(C)c1ccc(C(F)(F)F)cc1O)c1ccc(C(F)(F)F)cc1O. The van der Waals surface area contributed by atoms with Gasteiger partial charge in [0.05, 0.1) is 11.1 Å². The summed E-state index contributed by atoms with van der Waals surface area (Å²) in [7, 11) is 0. The number of Topliss-reactive ketones (excluding diaryl/α,β-unsaturated/α-hetero) is 1. The van der Waals surface area contributed by atoms with Gasteiger partial charge in [-0.3, -0.25) is 4.79 Å². The molecule has 0 spiro atoms. The summed E-state index contributed by atoms with van der Waals surface area (Å²) >= 11 is 0. The first-order chi connectivity index (χ1) is 12.7. The molecule has 28 heavy (non-hydrogen) atoms. The van der Waals surface area contributed by atoms with Gasteiger partial charge >= 0.3 is 12.4 Å². The van der Waals surface area contributed by atoms with E-state index in [0.717, 1.165) is 24.3 Å². The molecule has 2 aromatic rings. The van der Waals surface area contributed by atoms with Crippen molar-refractivity contribution in [1.29, 1.82) is 0 Å². The predicted octanol–water partition coefficient (Wildman–Crippen LogP) is 5.61. The maximum absolute atomic E-state index is 12.7. The quantitative estimate of drug-likeness (QED) is 0.649. The smallest absolute Gasteiger partial charge is 0.416 e. The van der Waals surface area contributed by atoms with Crippen LogP contribution in [0.15, 0.2) is 36.4 Å². The van der Waals surface area contributed by atoms with Crippen molar-refractivity contribution in [3.05, 3.63) is 58.7 Å². The van der Waals surface area contributed by atoms with E-state index >= 15 is 0 Å². The van der Waals surface area contributed by atoms with Crippen molar-refractivity contribution in [2.75, 3.05) is 0 Å². The van der Waals surface area contributed by atoms with Crippen molar-refractivity contribution in [3.8, 4) is 11.5 Å². The molecule has 2 N–H and O–H groups in total. The fourth-order valence-corrected chi connectivity index (χ4v) is 2.85. The van der Waals surface area contributed by atoms with Gasteiger partial charge in [0.15, 0.2) is 0 Å². The van der Waals surface area contributed by atoms with Crippen LogP contribution < -0.4 is 0 Å². The second-order valence-corrected chi connectivity index (χ2v) is 6.39. The minimum absolute atomic E-state index is 0.0590. The predicted molar refractivity (Wildman–Crippen MR) is 88.1 cm³/mol. The Morgan fingerprint density at radius 1 is 0.750 bits per heavy atom. The highest BCUT2D eigenvalue weighted by atomic mass is 19.4. The molecule has 0 radical (unpaired) electrons. The number of rotatable bonds is 4. The molecular formula is C19H16F6O3. The lowest BCUT2D eigenvalue weighted by Crippen LogP contribution is -2.17. The molecule has 2 unspecified atom stereocenters. The molecule has 2 rings (SSSR count). The topological polar surface area (TPSA) is 57.5 Å². The van der Waals surface area contributed by atoms with Crippen molar-refractivity contribution in [2.24, 2.45) is 0 Å². The molecule has 0 fully saturated rings. The van der Waals surface area contributed by atoms with E-state index in [1.807, 2.05) is 0 Å². The van der Waals surface area contributed by atoms with Gasteiger partial charge in [0, 0.05) is 23.0 Å². The van der Waals surface area contributed by atoms with Crippen LogP contribution >= 0.6 is 0 Å². The molecular weight excluding hydrogens is 390 g/mol. The monoisotopic (exact) mass is 406 g/mol. The lowest BCUT2D eigenvalue weighted by molar-refractivity contribution is -0.138. The zero-order chi connectivity index (χ0) is 21.4. The number of aromatic hydroxyl groups is 2. The van der Waals surface area contributed by atoms with Gasteiger partial charge in [-0.1, -0.05) is 26.0 Å². The van der Waals surface area contributed by atoms with Gasteiger partial charge in [-0.15, -0.1) is 0 Å². The third-order valence-corrected chi connectivity index (χ3v) is 4.50. The first kappa shape index (κ1) is 21.6. The van der Waals surface area contributed by atoms with Crippen molar-refractivity contribution in [1.82, 2.24) is 0 Å². The third kappa shape index (κ3) is 4.40. The zero-order valence-corrected chi connectivity index (χ0v) is 14.7. The zero-order valence-electron chi connectivity index (χ0n) is 14.7. The molecule has 9 heteroatoms. The van der Waals surface area contributed by atoms with Crippen LogP contribution in [-0.4, -0.2) is 16.0 Å². The van der Waals surface area contributed by atoms with E-state index in [4.69, 9.17) is 0 Å². The second-order valence-electron chi connectivity index (χ2n) is 6.39. The van der Waals surface area contributed by atoms with E-state index in [-0.39, 0.29) is 11.1 Å². The molecule has 0 bridgehead atoms. The third-order valence-electron chi connectivity index (χ3n) is 4.50. The lowest BCUT2D eigenvalue weighted by atomic mass is 9.84. The van der Waals surface area contributed by atoms with E-state index in [9.17, 15) is 41.4 Å². The number of phenolic OH excluding ortho intramolecular Hbond substituents is 2.